The van der Waals surface area contributed by atoms with E-state index in [1.807, 2.05) is 13.8 Å². The van der Waals surface area contributed by atoms with Gasteiger partial charge in [-0.25, -0.2) is 0 Å². The minimum atomic E-state index is -0.546. The molecule has 116 valence electrons. The van der Waals surface area contributed by atoms with Crippen molar-refractivity contribution in [3.05, 3.63) is 0 Å². The Balaban J connectivity index is 0.00000200. The van der Waals surface area contributed by atoms with E-state index in [1.54, 1.807) is 0 Å². The molecule has 6 heteroatoms. The third kappa shape index (κ3) is 4.09. The number of fused-ring (bicyclic) bond motifs is 2. The lowest BCUT2D eigenvalue weighted by Gasteiger charge is -2.23. The fourth-order valence-electron chi connectivity index (χ4n) is 3.27. The molecule has 0 aromatic carbocycles. The van der Waals surface area contributed by atoms with Crippen molar-refractivity contribution in [2.45, 2.75) is 51.6 Å². The minimum absolute atomic E-state index is 0. The van der Waals surface area contributed by atoms with E-state index in [0.717, 1.165) is 12.3 Å². The second kappa shape index (κ2) is 7.27. The van der Waals surface area contributed by atoms with E-state index in [9.17, 15) is 9.59 Å². The van der Waals surface area contributed by atoms with E-state index < -0.39 is 6.04 Å². The van der Waals surface area contributed by atoms with Crippen LogP contribution in [0, 0.1) is 17.8 Å². The Labute approximate surface area is 126 Å². The van der Waals surface area contributed by atoms with Crippen LogP contribution >= 0.6 is 12.4 Å². The maximum absolute atomic E-state index is 11.8. The van der Waals surface area contributed by atoms with Gasteiger partial charge in [0.25, 0.3) is 0 Å². The number of rotatable bonds is 5. The molecule has 2 aliphatic rings. The van der Waals surface area contributed by atoms with Gasteiger partial charge in [-0.3, -0.25) is 9.59 Å². The average molecular weight is 304 g/mol. The summed E-state index contributed by atoms with van der Waals surface area (Å²) in [6, 6.07) is -0.225. The second-order valence-corrected chi connectivity index (χ2v) is 6.34. The molecule has 5 nitrogen and oxygen atoms in total. The SMILES string of the molecule is CC(C)[C@H](N)C(=O)NCC(=O)NC1CC2CCC1C2.Cl. The van der Waals surface area contributed by atoms with E-state index in [0.29, 0.717) is 12.0 Å². The van der Waals surface area contributed by atoms with Gasteiger partial charge in [-0.1, -0.05) is 20.3 Å². The van der Waals surface area contributed by atoms with Gasteiger partial charge in [-0.15, -0.1) is 12.4 Å². The van der Waals surface area contributed by atoms with Crippen LogP contribution in [0.5, 0.6) is 0 Å². The monoisotopic (exact) mass is 303 g/mol. The normalized spacial score (nSPS) is 28.9. The zero-order chi connectivity index (χ0) is 14.0. The van der Waals surface area contributed by atoms with Crippen molar-refractivity contribution in [1.82, 2.24) is 10.6 Å². The summed E-state index contributed by atoms with van der Waals surface area (Å²) in [6.45, 7) is 3.81. The van der Waals surface area contributed by atoms with E-state index in [4.69, 9.17) is 5.73 Å². The van der Waals surface area contributed by atoms with Gasteiger partial charge in [0.05, 0.1) is 12.6 Å². The van der Waals surface area contributed by atoms with Crippen molar-refractivity contribution < 1.29 is 9.59 Å². The lowest BCUT2D eigenvalue weighted by molar-refractivity contribution is -0.127. The van der Waals surface area contributed by atoms with Crippen molar-refractivity contribution in [3.8, 4) is 0 Å². The fourth-order valence-corrected chi connectivity index (χ4v) is 3.27. The Morgan fingerprint density at radius 2 is 1.95 bits per heavy atom. The predicted octanol–water partition coefficient (Wildman–Crippen LogP) is 0.812. The number of hydrogen-bond donors (Lipinski definition) is 3. The summed E-state index contributed by atoms with van der Waals surface area (Å²) in [5.74, 6) is 1.19. The topological polar surface area (TPSA) is 84.2 Å². The Morgan fingerprint density at radius 3 is 2.45 bits per heavy atom. The summed E-state index contributed by atoms with van der Waals surface area (Å²) < 4.78 is 0. The van der Waals surface area contributed by atoms with Gasteiger partial charge in [0.2, 0.25) is 11.8 Å². The number of nitrogens with two attached hydrogens (primary N) is 1. The molecule has 0 saturated heterocycles. The molecule has 2 aliphatic carbocycles. The number of halogens is 1. The van der Waals surface area contributed by atoms with Crippen LogP contribution in [-0.2, 0) is 9.59 Å². The summed E-state index contributed by atoms with van der Waals surface area (Å²) in [7, 11) is 0. The molecule has 2 rings (SSSR count). The predicted molar refractivity (Wildman–Crippen MR) is 80.4 cm³/mol. The average Bonchev–Trinajstić information content (AvgIpc) is 2.97. The standard InChI is InChI=1S/C14H25N3O2.ClH/c1-8(2)13(15)14(19)16-7-12(18)17-11-6-9-3-4-10(11)5-9;/h8-11,13H,3-7,15H2,1-2H3,(H,16,19)(H,17,18);1H/t9?,10?,11?,13-;/m0./s1. The minimum Gasteiger partial charge on any atom is -0.352 e. The highest BCUT2D eigenvalue weighted by Crippen LogP contribution is 2.44. The molecule has 4 atom stereocenters. The van der Waals surface area contributed by atoms with Crippen LogP contribution in [0.25, 0.3) is 0 Å². The zero-order valence-corrected chi connectivity index (χ0v) is 13.0. The van der Waals surface area contributed by atoms with Crippen LogP contribution < -0.4 is 16.4 Å². The van der Waals surface area contributed by atoms with Crippen LogP contribution in [0.1, 0.15) is 39.5 Å². The maximum Gasteiger partial charge on any atom is 0.239 e. The van der Waals surface area contributed by atoms with Gasteiger partial charge in [-0.2, -0.15) is 0 Å². The Bertz CT molecular complexity index is 362. The number of carbonyl (C=O) groups excluding carboxylic acids is 2. The van der Waals surface area contributed by atoms with Gasteiger partial charge in [0.15, 0.2) is 0 Å². The first-order valence-electron chi connectivity index (χ1n) is 7.30. The van der Waals surface area contributed by atoms with Gasteiger partial charge in [0.1, 0.15) is 0 Å². The summed E-state index contributed by atoms with van der Waals surface area (Å²) in [6.07, 6.45) is 4.92. The maximum atomic E-state index is 11.8. The first-order valence-corrected chi connectivity index (χ1v) is 7.30. The molecule has 20 heavy (non-hydrogen) atoms. The summed E-state index contributed by atoms with van der Waals surface area (Å²) in [5.41, 5.74) is 5.72. The smallest absolute Gasteiger partial charge is 0.239 e. The third-order valence-electron chi connectivity index (χ3n) is 4.53. The van der Waals surface area contributed by atoms with E-state index in [-0.39, 0.29) is 36.7 Å². The van der Waals surface area contributed by atoms with Crippen LogP contribution in [0.15, 0.2) is 0 Å². The molecule has 2 saturated carbocycles. The highest BCUT2D eigenvalue weighted by atomic mass is 35.5. The molecule has 0 spiro atoms. The molecular weight excluding hydrogens is 278 g/mol. The van der Waals surface area contributed by atoms with E-state index in [2.05, 4.69) is 10.6 Å². The molecule has 2 amide bonds. The molecule has 3 unspecified atom stereocenters. The van der Waals surface area contributed by atoms with Crippen molar-refractivity contribution in [1.29, 1.82) is 0 Å². The van der Waals surface area contributed by atoms with Crippen molar-refractivity contribution in [2.75, 3.05) is 6.54 Å². The third-order valence-corrected chi connectivity index (χ3v) is 4.53. The second-order valence-electron chi connectivity index (χ2n) is 6.34. The quantitative estimate of drug-likeness (QED) is 0.703. The van der Waals surface area contributed by atoms with Crippen LogP contribution in [-0.4, -0.2) is 30.4 Å². The van der Waals surface area contributed by atoms with Gasteiger partial charge in [0, 0.05) is 6.04 Å². The molecule has 2 fully saturated rings. The number of nitrogens with one attached hydrogen (secondary N) is 2. The summed E-state index contributed by atoms with van der Waals surface area (Å²) in [5, 5.41) is 5.64. The molecule has 4 N–H and O–H groups in total. The van der Waals surface area contributed by atoms with Crippen LogP contribution in [0.2, 0.25) is 0 Å². The fraction of sp³-hybridized carbons (Fsp3) is 0.857. The lowest BCUT2D eigenvalue weighted by atomic mass is 9.95. The molecular formula is C14H26ClN3O2. The Kier molecular flexibility index (Phi) is 6.27. The number of carbonyl (C=O) groups is 2. The molecule has 0 aromatic rings. The van der Waals surface area contributed by atoms with E-state index >= 15 is 0 Å². The van der Waals surface area contributed by atoms with Gasteiger partial charge in [-0.05, 0) is 37.0 Å². The number of amides is 2. The summed E-state index contributed by atoms with van der Waals surface area (Å²) >= 11 is 0. The highest BCUT2D eigenvalue weighted by Gasteiger charge is 2.40. The zero-order valence-electron chi connectivity index (χ0n) is 12.2. The van der Waals surface area contributed by atoms with Gasteiger partial charge < -0.3 is 16.4 Å². The highest BCUT2D eigenvalue weighted by molar-refractivity contribution is 5.87. The largest absolute Gasteiger partial charge is 0.352 e. The molecule has 0 aliphatic heterocycles. The molecule has 0 radical (unpaired) electrons. The molecule has 0 aromatic heterocycles. The lowest BCUT2D eigenvalue weighted by Crippen LogP contribution is -2.49. The van der Waals surface area contributed by atoms with E-state index in [1.165, 1.54) is 19.3 Å². The summed E-state index contributed by atoms with van der Waals surface area (Å²) in [4.78, 5) is 23.4. The first kappa shape index (κ1) is 17.2. The van der Waals surface area contributed by atoms with Crippen molar-refractivity contribution in [3.63, 3.8) is 0 Å². The van der Waals surface area contributed by atoms with Crippen LogP contribution in [0.4, 0.5) is 0 Å². The molecule has 2 bridgehead atoms. The first-order chi connectivity index (χ1) is 8.97. The van der Waals surface area contributed by atoms with Gasteiger partial charge >= 0.3 is 0 Å². The van der Waals surface area contributed by atoms with Crippen LogP contribution in [0.3, 0.4) is 0 Å². The Hall–Kier alpha value is -0.810. The number of hydrogen-bond acceptors (Lipinski definition) is 3. The Morgan fingerprint density at radius 1 is 1.25 bits per heavy atom. The van der Waals surface area contributed by atoms with Crippen molar-refractivity contribution >= 4 is 24.2 Å². The van der Waals surface area contributed by atoms with Crippen molar-refractivity contribution in [2.24, 2.45) is 23.5 Å². The molecule has 0 heterocycles.